The number of hydrogen-bond acceptors (Lipinski definition) is 4. The molecule has 0 spiro atoms. The molecular weight excluding hydrogens is 207 g/mol. The highest BCUT2D eigenvalue weighted by atomic mass is 31.2. The van der Waals surface area contributed by atoms with E-state index in [4.69, 9.17) is 9.63 Å². The lowest BCUT2D eigenvalue weighted by Crippen LogP contribution is -2.21. The second-order valence-electron chi connectivity index (χ2n) is 3.68. The van der Waals surface area contributed by atoms with E-state index in [2.05, 4.69) is 9.05 Å². The van der Waals surface area contributed by atoms with Crippen LogP contribution in [0.15, 0.2) is 0 Å². The molecule has 0 bridgehead atoms. The summed E-state index contributed by atoms with van der Waals surface area (Å²) in [6.45, 7) is 7.77. The molecule has 1 N–H and O–H groups in total. The van der Waals surface area contributed by atoms with E-state index in [1.54, 1.807) is 6.92 Å². The van der Waals surface area contributed by atoms with Crippen molar-refractivity contribution in [3.63, 3.8) is 0 Å². The van der Waals surface area contributed by atoms with Crippen molar-refractivity contribution >= 4 is 7.82 Å². The summed E-state index contributed by atoms with van der Waals surface area (Å²) in [4.78, 5) is 9.00. The van der Waals surface area contributed by atoms with Crippen LogP contribution in [0.3, 0.4) is 0 Å². The van der Waals surface area contributed by atoms with Crippen molar-refractivity contribution in [2.45, 2.75) is 33.3 Å². The predicted molar refractivity (Wildman–Crippen MR) is 53.1 cm³/mol. The van der Waals surface area contributed by atoms with Crippen LogP contribution in [-0.4, -0.2) is 30.3 Å². The van der Waals surface area contributed by atoms with Gasteiger partial charge in [-0.1, -0.05) is 0 Å². The molecule has 0 saturated carbocycles. The van der Waals surface area contributed by atoms with Gasteiger partial charge in [0.1, 0.15) is 0 Å². The zero-order chi connectivity index (χ0) is 11.2. The standard InChI is InChI=1S/C8H19O5P/c1-5-12-14(9,10)13-7-6-11-8(2,3)4/h5-7H2,1-4H3,(H,9,10). The molecule has 0 aromatic carbocycles. The Hall–Kier alpha value is 0.0700. The minimum atomic E-state index is -3.85. The van der Waals surface area contributed by atoms with Gasteiger partial charge in [0.05, 0.1) is 25.4 Å². The fourth-order valence-corrected chi connectivity index (χ4v) is 1.41. The molecule has 1 unspecified atom stereocenters. The topological polar surface area (TPSA) is 65.0 Å². The Bertz CT molecular complexity index is 198. The Labute approximate surface area is 85.0 Å². The summed E-state index contributed by atoms with van der Waals surface area (Å²) in [5.41, 5.74) is -0.269. The fraction of sp³-hybridized carbons (Fsp3) is 1.00. The maximum absolute atomic E-state index is 11.0. The molecule has 0 saturated heterocycles. The first-order valence-electron chi connectivity index (χ1n) is 4.52. The summed E-state index contributed by atoms with van der Waals surface area (Å²) in [5, 5.41) is 0. The van der Waals surface area contributed by atoms with Gasteiger partial charge in [0.25, 0.3) is 0 Å². The van der Waals surface area contributed by atoms with Crippen molar-refractivity contribution in [1.29, 1.82) is 0 Å². The van der Waals surface area contributed by atoms with Gasteiger partial charge in [0.2, 0.25) is 0 Å². The van der Waals surface area contributed by atoms with Crippen LogP contribution < -0.4 is 0 Å². The molecule has 0 rings (SSSR count). The van der Waals surface area contributed by atoms with Gasteiger partial charge in [-0.15, -0.1) is 0 Å². The molecule has 0 amide bonds. The van der Waals surface area contributed by atoms with Gasteiger partial charge in [0.15, 0.2) is 0 Å². The highest BCUT2D eigenvalue weighted by Crippen LogP contribution is 2.42. The number of hydrogen-bond donors (Lipinski definition) is 1. The number of ether oxygens (including phenoxy) is 1. The number of phosphoric acid groups is 1. The third-order valence-electron chi connectivity index (χ3n) is 1.17. The lowest BCUT2D eigenvalue weighted by Gasteiger charge is -2.19. The molecule has 0 aromatic rings. The third-order valence-corrected chi connectivity index (χ3v) is 2.26. The largest absolute Gasteiger partial charge is 0.472 e. The Morgan fingerprint density at radius 3 is 2.21 bits per heavy atom. The van der Waals surface area contributed by atoms with Crippen LogP contribution in [0.1, 0.15) is 27.7 Å². The van der Waals surface area contributed by atoms with Gasteiger partial charge in [-0.05, 0) is 27.7 Å². The average Bonchev–Trinajstić information content (AvgIpc) is 1.96. The van der Waals surface area contributed by atoms with E-state index in [9.17, 15) is 4.57 Å². The van der Waals surface area contributed by atoms with Crippen molar-refractivity contribution < 1.29 is 23.2 Å². The molecular formula is C8H19O5P. The summed E-state index contributed by atoms with van der Waals surface area (Å²) < 4.78 is 25.4. The molecule has 0 fully saturated rings. The van der Waals surface area contributed by atoms with E-state index in [1.165, 1.54) is 0 Å². The monoisotopic (exact) mass is 226 g/mol. The molecule has 0 aromatic heterocycles. The van der Waals surface area contributed by atoms with Crippen LogP contribution in [0.4, 0.5) is 0 Å². The average molecular weight is 226 g/mol. The molecule has 0 aliphatic heterocycles. The van der Waals surface area contributed by atoms with E-state index < -0.39 is 7.82 Å². The minimum absolute atomic E-state index is 0.0467. The van der Waals surface area contributed by atoms with Gasteiger partial charge < -0.3 is 9.63 Å². The van der Waals surface area contributed by atoms with E-state index >= 15 is 0 Å². The van der Waals surface area contributed by atoms with Gasteiger partial charge in [-0.2, -0.15) is 0 Å². The first-order chi connectivity index (χ1) is 6.27. The van der Waals surface area contributed by atoms with E-state index in [0.717, 1.165) is 0 Å². The molecule has 0 heterocycles. The maximum atomic E-state index is 11.0. The maximum Gasteiger partial charge on any atom is 0.472 e. The smallest absolute Gasteiger partial charge is 0.373 e. The Morgan fingerprint density at radius 2 is 1.79 bits per heavy atom. The molecule has 1 atom stereocenters. The highest BCUT2D eigenvalue weighted by Gasteiger charge is 2.20. The molecule has 86 valence electrons. The zero-order valence-corrected chi connectivity index (χ0v) is 10.0. The summed E-state index contributed by atoms with van der Waals surface area (Å²) >= 11 is 0. The molecule has 5 nitrogen and oxygen atoms in total. The van der Waals surface area contributed by atoms with Crippen LogP contribution in [0.25, 0.3) is 0 Å². The lowest BCUT2D eigenvalue weighted by atomic mass is 10.2. The van der Waals surface area contributed by atoms with Gasteiger partial charge in [-0.25, -0.2) is 4.57 Å². The van der Waals surface area contributed by atoms with Crippen molar-refractivity contribution in [1.82, 2.24) is 0 Å². The Kier molecular flexibility index (Phi) is 5.86. The molecule has 14 heavy (non-hydrogen) atoms. The van der Waals surface area contributed by atoms with Crippen molar-refractivity contribution in [2.75, 3.05) is 19.8 Å². The van der Waals surface area contributed by atoms with Crippen molar-refractivity contribution in [2.24, 2.45) is 0 Å². The normalized spacial score (nSPS) is 16.6. The van der Waals surface area contributed by atoms with Gasteiger partial charge in [0, 0.05) is 0 Å². The van der Waals surface area contributed by atoms with E-state index in [-0.39, 0.29) is 25.4 Å². The summed E-state index contributed by atoms with van der Waals surface area (Å²) in [7, 11) is -3.85. The second-order valence-corrected chi connectivity index (χ2v) is 5.13. The fourth-order valence-electron chi connectivity index (χ4n) is 0.701. The van der Waals surface area contributed by atoms with Crippen LogP contribution in [-0.2, 0) is 18.3 Å². The van der Waals surface area contributed by atoms with E-state index in [1.807, 2.05) is 20.8 Å². The Balaban J connectivity index is 3.59. The van der Waals surface area contributed by atoms with Crippen LogP contribution >= 0.6 is 7.82 Å². The summed E-state index contributed by atoms with van der Waals surface area (Å²) in [6.07, 6.45) is 0. The molecule has 0 radical (unpaired) electrons. The molecule has 6 heteroatoms. The zero-order valence-electron chi connectivity index (χ0n) is 9.15. The third kappa shape index (κ3) is 8.66. The van der Waals surface area contributed by atoms with Crippen LogP contribution in [0.2, 0.25) is 0 Å². The van der Waals surface area contributed by atoms with E-state index in [0.29, 0.717) is 0 Å². The Morgan fingerprint density at radius 1 is 1.21 bits per heavy atom. The SMILES string of the molecule is CCOP(=O)(O)OCCOC(C)(C)C. The lowest BCUT2D eigenvalue weighted by molar-refractivity contribution is -0.0210. The quantitative estimate of drug-likeness (QED) is 0.554. The van der Waals surface area contributed by atoms with Gasteiger partial charge in [-0.3, -0.25) is 9.05 Å². The molecule has 0 aliphatic rings. The van der Waals surface area contributed by atoms with Crippen LogP contribution in [0, 0.1) is 0 Å². The number of phosphoric ester groups is 1. The number of rotatable bonds is 6. The first-order valence-corrected chi connectivity index (χ1v) is 6.02. The summed E-state index contributed by atoms with van der Waals surface area (Å²) in [5.74, 6) is 0. The second kappa shape index (κ2) is 5.83. The van der Waals surface area contributed by atoms with Gasteiger partial charge >= 0.3 is 7.82 Å². The predicted octanol–water partition coefficient (Wildman–Crippen LogP) is 1.96. The van der Waals surface area contributed by atoms with Crippen LogP contribution in [0.5, 0.6) is 0 Å². The summed E-state index contributed by atoms with van der Waals surface area (Å²) in [6, 6.07) is 0. The first kappa shape index (κ1) is 14.1. The van der Waals surface area contributed by atoms with Crippen molar-refractivity contribution in [3.8, 4) is 0 Å². The molecule has 0 aliphatic carbocycles. The highest BCUT2D eigenvalue weighted by molar-refractivity contribution is 7.47. The minimum Gasteiger partial charge on any atom is -0.373 e. The van der Waals surface area contributed by atoms with Crippen molar-refractivity contribution in [3.05, 3.63) is 0 Å².